The van der Waals surface area contributed by atoms with E-state index in [1.807, 2.05) is 6.21 Å². The van der Waals surface area contributed by atoms with Gasteiger partial charge in [-0.3, -0.25) is 4.99 Å². The molecule has 1 aromatic carbocycles. The molecule has 0 aliphatic heterocycles. The maximum atomic E-state index is 12.7. The number of benzene rings is 1. The molecule has 1 saturated carbocycles. The van der Waals surface area contributed by atoms with Crippen LogP contribution in [0, 0.1) is 11.7 Å². The summed E-state index contributed by atoms with van der Waals surface area (Å²) in [7, 11) is 0. The van der Waals surface area contributed by atoms with Crippen molar-refractivity contribution in [2.24, 2.45) is 10.9 Å². The minimum absolute atomic E-state index is 0.220. The van der Waals surface area contributed by atoms with E-state index in [1.54, 1.807) is 12.1 Å². The van der Waals surface area contributed by atoms with Gasteiger partial charge in [0, 0.05) is 6.21 Å². The quantitative estimate of drug-likeness (QED) is 0.660. The van der Waals surface area contributed by atoms with Crippen molar-refractivity contribution < 1.29 is 4.39 Å². The topological polar surface area (TPSA) is 12.4 Å². The number of hydrogen-bond donors (Lipinski definition) is 0. The van der Waals surface area contributed by atoms with Crippen LogP contribution in [0.1, 0.15) is 39.0 Å². The highest BCUT2D eigenvalue weighted by molar-refractivity contribution is 5.75. The van der Waals surface area contributed by atoms with Crippen molar-refractivity contribution in [2.75, 3.05) is 0 Å². The summed E-state index contributed by atoms with van der Waals surface area (Å²) in [6.45, 7) is 2.19. The average Bonchev–Trinajstić information content (AvgIpc) is 2.42. The lowest BCUT2D eigenvalue weighted by Crippen LogP contribution is -2.07. The molecule has 0 atom stereocenters. The summed E-state index contributed by atoms with van der Waals surface area (Å²) in [5, 5.41) is 0. The number of halogens is 1. The zero-order valence-electron chi connectivity index (χ0n) is 10.9. The zero-order chi connectivity index (χ0) is 12.8. The molecule has 0 heterocycles. The summed E-state index contributed by atoms with van der Waals surface area (Å²) in [5.74, 6) is 0.515. The molecule has 0 aromatic heterocycles. The summed E-state index contributed by atoms with van der Waals surface area (Å²) >= 11 is 0. The summed E-state index contributed by atoms with van der Waals surface area (Å²) in [4.78, 5) is 4.31. The third-order valence-corrected chi connectivity index (χ3v) is 3.64. The molecule has 0 unspecified atom stereocenters. The van der Waals surface area contributed by atoms with Gasteiger partial charge in [0.25, 0.3) is 0 Å². The van der Waals surface area contributed by atoms with Crippen LogP contribution in [0.4, 0.5) is 10.1 Å². The fourth-order valence-electron chi connectivity index (χ4n) is 2.46. The number of allylic oxidation sites excluding steroid dienone is 2. The molecule has 1 fully saturated rings. The Kier molecular flexibility index (Phi) is 4.68. The van der Waals surface area contributed by atoms with E-state index in [-0.39, 0.29) is 5.82 Å². The van der Waals surface area contributed by atoms with E-state index in [1.165, 1.54) is 49.8 Å². The molecular formula is C16H20FN. The van der Waals surface area contributed by atoms with E-state index in [9.17, 15) is 4.39 Å². The van der Waals surface area contributed by atoms with E-state index in [0.29, 0.717) is 0 Å². The molecule has 1 aliphatic rings. The Bertz CT molecular complexity index is 425. The van der Waals surface area contributed by atoms with Crippen LogP contribution in [0.15, 0.2) is 40.9 Å². The van der Waals surface area contributed by atoms with Crippen molar-refractivity contribution in [3.8, 4) is 0 Å². The van der Waals surface area contributed by atoms with Gasteiger partial charge in [0.15, 0.2) is 0 Å². The minimum atomic E-state index is -0.220. The Morgan fingerprint density at radius 2 is 1.83 bits per heavy atom. The van der Waals surface area contributed by atoms with E-state index in [4.69, 9.17) is 0 Å². The van der Waals surface area contributed by atoms with Crippen LogP contribution >= 0.6 is 0 Å². The predicted octanol–water partition coefficient (Wildman–Crippen LogP) is 5.05. The van der Waals surface area contributed by atoms with Crippen LogP contribution in [0.25, 0.3) is 0 Å². The normalized spacial score (nSPS) is 18.4. The second kappa shape index (κ2) is 6.48. The molecule has 1 nitrogen and oxygen atoms in total. The van der Waals surface area contributed by atoms with Gasteiger partial charge in [0.05, 0.1) is 5.69 Å². The highest BCUT2D eigenvalue weighted by Crippen LogP contribution is 2.29. The monoisotopic (exact) mass is 245 g/mol. The van der Waals surface area contributed by atoms with Gasteiger partial charge in [-0.25, -0.2) is 4.39 Å². The van der Waals surface area contributed by atoms with Crippen LogP contribution in [-0.2, 0) is 0 Å². The van der Waals surface area contributed by atoms with Crippen molar-refractivity contribution in [3.05, 3.63) is 41.7 Å². The average molecular weight is 245 g/mol. The summed E-state index contributed by atoms with van der Waals surface area (Å²) in [6, 6.07) is 6.25. The maximum absolute atomic E-state index is 12.7. The lowest BCUT2D eigenvalue weighted by Gasteiger charge is -2.21. The van der Waals surface area contributed by atoms with Gasteiger partial charge in [0.1, 0.15) is 5.82 Å². The molecule has 2 heteroatoms. The molecule has 1 aliphatic carbocycles. The van der Waals surface area contributed by atoms with E-state index < -0.39 is 0 Å². The largest absolute Gasteiger partial charge is 0.257 e. The molecule has 0 bridgehead atoms. The molecule has 2 rings (SSSR count). The Morgan fingerprint density at radius 3 is 2.50 bits per heavy atom. The summed E-state index contributed by atoms with van der Waals surface area (Å²) in [6.07, 6.45) is 10.6. The van der Waals surface area contributed by atoms with E-state index >= 15 is 0 Å². The highest BCUT2D eigenvalue weighted by Gasteiger charge is 2.13. The van der Waals surface area contributed by atoms with E-state index in [2.05, 4.69) is 18.0 Å². The summed E-state index contributed by atoms with van der Waals surface area (Å²) in [5.41, 5.74) is 2.21. The fourth-order valence-corrected chi connectivity index (χ4v) is 2.46. The standard InChI is InChI=1S/C16H20FN/c1-13(14-5-3-2-4-6-14)11-12-18-16-9-7-15(17)8-10-16/h7-12,14H,2-6H2,1H3/b13-11+,18-12?. The first-order valence-electron chi connectivity index (χ1n) is 6.72. The number of nitrogens with zero attached hydrogens (tertiary/aromatic N) is 1. The van der Waals surface area contributed by atoms with Gasteiger partial charge in [0.2, 0.25) is 0 Å². The van der Waals surface area contributed by atoms with Crippen molar-refractivity contribution in [3.63, 3.8) is 0 Å². The molecule has 1 aromatic rings. The third-order valence-electron chi connectivity index (χ3n) is 3.64. The molecule has 0 radical (unpaired) electrons. The van der Waals surface area contributed by atoms with E-state index in [0.717, 1.165) is 11.6 Å². The molecule has 0 spiro atoms. The van der Waals surface area contributed by atoms with Crippen LogP contribution in [-0.4, -0.2) is 6.21 Å². The van der Waals surface area contributed by atoms with Crippen LogP contribution in [0.5, 0.6) is 0 Å². The lowest BCUT2D eigenvalue weighted by molar-refractivity contribution is 0.403. The van der Waals surface area contributed by atoms with Gasteiger partial charge >= 0.3 is 0 Å². The first-order valence-corrected chi connectivity index (χ1v) is 6.72. The Morgan fingerprint density at radius 1 is 1.17 bits per heavy atom. The van der Waals surface area contributed by atoms with Crippen molar-refractivity contribution in [1.82, 2.24) is 0 Å². The van der Waals surface area contributed by atoms with Crippen molar-refractivity contribution in [2.45, 2.75) is 39.0 Å². The Balaban J connectivity index is 1.94. The smallest absolute Gasteiger partial charge is 0.123 e. The minimum Gasteiger partial charge on any atom is -0.257 e. The second-order valence-electron chi connectivity index (χ2n) is 5.00. The summed E-state index contributed by atoms with van der Waals surface area (Å²) < 4.78 is 12.7. The number of aliphatic imine (C=N–C) groups is 1. The van der Waals surface area contributed by atoms with Gasteiger partial charge in [-0.2, -0.15) is 0 Å². The molecular weight excluding hydrogens is 225 g/mol. The van der Waals surface area contributed by atoms with Crippen molar-refractivity contribution in [1.29, 1.82) is 0 Å². The molecule has 0 saturated heterocycles. The Labute approximate surface area is 108 Å². The van der Waals surface area contributed by atoms with Gasteiger partial charge in [-0.1, -0.05) is 24.8 Å². The Hall–Kier alpha value is -1.44. The van der Waals surface area contributed by atoms with Crippen molar-refractivity contribution >= 4 is 11.9 Å². The predicted molar refractivity (Wildman–Crippen MR) is 74.9 cm³/mol. The second-order valence-corrected chi connectivity index (χ2v) is 5.00. The molecule has 96 valence electrons. The first kappa shape index (κ1) is 13.0. The van der Waals surface area contributed by atoms with Crippen LogP contribution in [0.2, 0.25) is 0 Å². The zero-order valence-corrected chi connectivity index (χ0v) is 10.9. The van der Waals surface area contributed by atoms with Gasteiger partial charge in [-0.15, -0.1) is 0 Å². The third kappa shape index (κ3) is 3.80. The first-order chi connectivity index (χ1) is 8.75. The number of hydrogen-bond acceptors (Lipinski definition) is 1. The van der Waals surface area contributed by atoms with Crippen LogP contribution < -0.4 is 0 Å². The van der Waals surface area contributed by atoms with Crippen LogP contribution in [0.3, 0.4) is 0 Å². The lowest BCUT2D eigenvalue weighted by atomic mass is 9.84. The molecule has 0 N–H and O–H groups in total. The highest BCUT2D eigenvalue weighted by atomic mass is 19.1. The fraction of sp³-hybridized carbons (Fsp3) is 0.438. The van der Waals surface area contributed by atoms with Gasteiger partial charge in [-0.05, 0) is 56.0 Å². The molecule has 18 heavy (non-hydrogen) atoms. The SMILES string of the molecule is C/C(=C\C=Nc1ccc(F)cc1)C1CCCCC1. The number of rotatable bonds is 3. The maximum Gasteiger partial charge on any atom is 0.123 e. The molecule has 0 amide bonds. The van der Waals surface area contributed by atoms with Gasteiger partial charge < -0.3 is 0 Å².